The van der Waals surface area contributed by atoms with Crippen molar-refractivity contribution < 1.29 is 21.6 Å². The van der Waals surface area contributed by atoms with E-state index >= 15 is 0 Å². The van der Waals surface area contributed by atoms with E-state index in [0.717, 1.165) is 0 Å². The third kappa shape index (κ3) is 6.01. The van der Waals surface area contributed by atoms with Crippen molar-refractivity contribution in [3.63, 3.8) is 0 Å². The number of rotatable bonds is 2. The van der Waals surface area contributed by atoms with Gasteiger partial charge in [-0.25, -0.2) is 0 Å². The quantitative estimate of drug-likeness (QED) is 0.242. The molecule has 0 aliphatic rings. The van der Waals surface area contributed by atoms with Gasteiger partial charge in [0.25, 0.3) is 0 Å². The van der Waals surface area contributed by atoms with Crippen molar-refractivity contribution in [1.29, 1.82) is 0 Å². The number of nitrogens with zero attached hydrogens (tertiary/aromatic N) is 2. The predicted octanol–water partition coefficient (Wildman–Crippen LogP) is 0.747. The molecule has 0 bridgehead atoms. The Morgan fingerprint density at radius 2 is 2.00 bits per heavy atom. The zero-order valence-corrected chi connectivity index (χ0v) is 9.54. The molecule has 0 radical (unpaired) electrons. The molecular formula is C8H11N4NiOS+. The van der Waals surface area contributed by atoms with Crippen molar-refractivity contribution >= 4 is 24.0 Å². The molecule has 6 N–H and O–H groups in total. The fraction of sp³-hybridized carbons (Fsp3) is 0. The summed E-state index contributed by atoms with van der Waals surface area (Å²) in [6.07, 6.45) is 1.38. The summed E-state index contributed by atoms with van der Waals surface area (Å²) in [6.45, 7) is 0. The molecule has 0 atom stereocenters. The van der Waals surface area contributed by atoms with Crippen LogP contribution in [0.2, 0.25) is 0 Å². The molecule has 0 aliphatic carbocycles. The molecule has 84 valence electrons. The molecule has 5 nitrogen and oxygen atoms in total. The fourth-order valence-corrected chi connectivity index (χ4v) is 0.792. The van der Waals surface area contributed by atoms with E-state index in [1.54, 1.807) is 24.3 Å². The number of aromatic hydroxyl groups is 1. The number of phenols is 1. The molecule has 0 saturated carbocycles. The number of benzene rings is 1. The predicted molar refractivity (Wildman–Crippen MR) is 59.7 cm³/mol. The van der Waals surface area contributed by atoms with Crippen LogP contribution in [0.5, 0.6) is 5.75 Å². The molecule has 0 spiro atoms. The summed E-state index contributed by atoms with van der Waals surface area (Å²) in [5.41, 5.74) is 5.65. The second-order valence-corrected chi connectivity index (χ2v) is 2.66. The summed E-state index contributed by atoms with van der Waals surface area (Å²) in [4.78, 5) is 0. The summed E-state index contributed by atoms with van der Waals surface area (Å²) in [7, 11) is 0. The van der Waals surface area contributed by atoms with E-state index in [1.807, 2.05) is 0 Å². The molecule has 0 amide bonds. The van der Waals surface area contributed by atoms with Gasteiger partial charge in [0, 0.05) is 5.56 Å². The normalized spacial score (nSPS) is 10.5. The first-order valence-corrected chi connectivity index (χ1v) is 3.92. The molecule has 0 aromatic heterocycles. The topological polar surface area (TPSA) is 106 Å². The van der Waals surface area contributed by atoms with Crippen molar-refractivity contribution in [3.05, 3.63) is 29.8 Å². The number of amidine groups is 1. The summed E-state index contributed by atoms with van der Waals surface area (Å²) >= 11 is 4.48. The van der Waals surface area contributed by atoms with E-state index in [9.17, 15) is 5.11 Å². The first-order chi connectivity index (χ1) is 6.20. The number of phenolic OH excluding ortho intramolecular Hbond substituents is 1. The number of hydrogen-bond acceptors (Lipinski definition) is 5. The SMILES string of the molecule is N.NC([S-])=NN=Cc1ccccc1O.[Ni+2]. The molecule has 0 aliphatic heterocycles. The number of hydrogen-bond donors (Lipinski definition) is 3. The van der Waals surface area contributed by atoms with Gasteiger partial charge in [-0.15, -0.1) is 0 Å². The van der Waals surface area contributed by atoms with Crippen LogP contribution < -0.4 is 11.9 Å². The fourth-order valence-electron chi connectivity index (χ4n) is 0.745. The van der Waals surface area contributed by atoms with E-state index < -0.39 is 0 Å². The molecule has 0 saturated heterocycles. The van der Waals surface area contributed by atoms with Gasteiger partial charge < -0.3 is 29.6 Å². The molecule has 15 heavy (non-hydrogen) atoms. The molecule has 1 aromatic carbocycles. The second kappa shape index (κ2) is 8.17. The Morgan fingerprint density at radius 1 is 1.40 bits per heavy atom. The van der Waals surface area contributed by atoms with E-state index in [4.69, 9.17) is 5.73 Å². The van der Waals surface area contributed by atoms with Crippen LogP contribution in [0.4, 0.5) is 0 Å². The molecule has 1 aromatic rings. The maximum absolute atomic E-state index is 9.28. The van der Waals surface area contributed by atoms with Gasteiger partial charge in [-0.1, -0.05) is 12.1 Å². The van der Waals surface area contributed by atoms with Crippen molar-refractivity contribution in [3.8, 4) is 5.75 Å². The van der Waals surface area contributed by atoms with Crippen molar-refractivity contribution in [2.45, 2.75) is 0 Å². The third-order valence-electron chi connectivity index (χ3n) is 1.29. The zero-order valence-electron chi connectivity index (χ0n) is 7.74. The molecule has 0 fully saturated rings. The molecule has 1 rings (SSSR count). The monoisotopic (exact) mass is 269 g/mol. The van der Waals surface area contributed by atoms with E-state index in [-0.39, 0.29) is 33.6 Å². The van der Waals surface area contributed by atoms with Crippen LogP contribution in [0.3, 0.4) is 0 Å². The van der Waals surface area contributed by atoms with Gasteiger partial charge in [0.15, 0.2) is 0 Å². The van der Waals surface area contributed by atoms with Gasteiger partial charge in [-0.05, 0) is 17.3 Å². The van der Waals surface area contributed by atoms with Crippen molar-refractivity contribution in [2.75, 3.05) is 0 Å². The van der Waals surface area contributed by atoms with Crippen LogP contribution in [-0.4, -0.2) is 16.5 Å². The summed E-state index contributed by atoms with van der Waals surface area (Å²) in [5.74, 6) is 0.143. The average Bonchev–Trinajstić information content (AvgIpc) is 2.08. The second-order valence-electron chi connectivity index (χ2n) is 2.24. The summed E-state index contributed by atoms with van der Waals surface area (Å²) in [6, 6.07) is 6.76. The summed E-state index contributed by atoms with van der Waals surface area (Å²) in [5, 5.41) is 16.2. The minimum absolute atomic E-state index is 0. The van der Waals surface area contributed by atoms with Crippen LogP contribution in [0.1, 0.15) is 5.56 Å². The Kier molecular flexibility index (Phi) is 8.86. The van der Waals surface area contributed by atoms with Crippen LogP contribution in [-0.2, 0) is 29.1 Å². The van der Waals surface area contributed by atoms with E-state index in [2.05, 4.69) is 22.8 Å². The summed E-state index contributed by atoms with van der Waals surface area (Å²) < 4.78 is 0. The van der Waals surface area contributed by atoms with Crippen LogP contribution in [0.15, 0.2) is 34.5 Å². The van der Waals surface area contributed by atoms with Gasteiger partial charge in [-0.3, -0.25) is 0 Å². The third-order valence-corrected chi connectivity index (χ3v) is 1.37. The maximum Gasteiger partial charge on any atom is 2.00 e. The Morgan fingerprint density at radius 3 is 2.53 bits per heavy atom. The van der Waals surface area contributed by atoms with Gasteiger partial charge >= 0.3 is 16.5 Å². The molecule has 0 heterocycles. The molecule has 0 unspecified atom stereocenters. The van der Waals surface area contributed by atoms with Gasteiger partial charge in [0.1, 0.15) is 5.75 Å². The average molecular weight is 270 g/mol. The van der Waals surface area contributed by atoms with Gasteiger partial charge in [-0.2, -0.15) is 10.2 Å². The smallest absolute Gasteiger partial charge is 0.741 e. The Hall–Kier alpha value is -1.17. The standard InChI is InChI=1S/C8H9N3OS.H3N.Ni/c9-8(13)11-10-5-6-3-1-2-4-7(6)12;;/h1-5,12H,(H3,9,11,13);1H3;/q;;+2/p-1. The first-order valence-electron chi connectivity index (χ1n) is 3.51. The molecule has 7 heteroatoms. The minimum Gasteiger partial charge on any atom is -0.741 e. The largest absolute Gasteiger partial charge is 2.00 e. The van der Waals surface area contributed by atoms with E-state index in [0.29, 0.717) is 5.56 Å². The number of para-hydroxylation sites is 1. The van der Waals surface area contributed by atoms with Crippen molar-refractivity contribution in [2.24, 2.45) is 15.9 Å². The van der Waals surface area contributed by atoms with Crippen LogP contribution >= 0.6 is 0 Å². The first kappa shape index (κ1) is 16.3. The van der Waals surface area contributed by atoms with Crippen molar-refractivity contribution in [1.82, 2.24) is 6.15 Å². The van der Waals surface area contributed by atoms with E-state index in [1.165, 1.54) is 6.21 Å². The van der Waals surface area contributed by atoms with Crippen LogP contribution in [0.25, 0.3) is 0 Å². The minimum atomic E-state index is -0.0355. The zero-order chi connectivity index (χ0) is 9.68. The maximum atomic E-state index is 9.28. The van der Waals surface area contributed by atoms with Gasteiger partial charge in [0.05, 0.1) is 6.21 Å². The molecular weight excluding hydrogens is 259 g/mol. The Bertz CT molecular complexity index is 352. The number of nitrogens with two attached hydrogens (primary N) is 1. The Balaban J connectivity index is 0. The van der Waals surface area contributed by atoms with Crippen LogP contribution in [0, 0.1) is 0 Å². The van der Waals surface area contributed by atoms with Gasteiger partial charge in [0.2, 0.25) is 0 Å². The Labute approximate surface area is 103 Å².